The van der Waals surface area contributed by atoms with Crippen molar-refractivity contribution < 1.29 is 9.90 Å². The third-order valence-electron chi connectivity index (χ3n) is 4.34. The Hall–Kier alpha value is -1.82. The van der Waals surface area contributed by atoms with Crippen molar-refractivity contribution in [2.75, 3.05) is 44.2 Å². The van der Waals surface area contributed by atoms with Crippen LogP contribution in [0.4, 0.5) is 10.5 Å². The first-order valence-corrected chi connectivity index (χ1v) is 8.53. The van der Waals surface area contributed by atoms with Gasteiger partial charge in [0.25, 0.3) is 0 Å². The molecular formula is C17H28N4O2. The van der Waals surface area contributed by atoms with Crippen molar-refractivity contribution >= 4 is 11.7 Å². The van der Waals surface area contributed by atoms with E-state index in [2.05, 4.69) is 15.2 Å². The minimum absolute atomic E-state index is 0.0116. The number of hydrogen-bond acceptors (Lipinski definition) is 4. The van der Waals surface area contributed by atoms with Crippen LogP contribution in [0, 0.1) is 5.92 Å². The number of aliphatic hydroxyl groups excluding tert-OH is 1. The Morgan fingerprint density at radius 2 is 2.04 bits per heavy atom. The zero-order valence-corrected chi connectivity index (χ0v) is 13.9. The van der Waals surface area contributed by atoms with Crippen molar-refractivity contribution in [2.24, 2.45) is 5.92 Å². The van der Waals surface area contributed by atoms with Crippen LogP contribution in [-0.2, 0) is 0 Å². The molecule has 1 fully saturated rings. The largest absolute Gasteiger partial charge is 0.395 e. The first-order valence-electron chi connectivity index (χ1n) is 8.53. The van der Waals surface area contributed by atoms with Crippen LogP contribution in [0.15, 0.2) is 24.5 Å². The normalized spacial score (nSPS) is 15.5. The first-order chi connectivity index (χ1) is 11.2. The maximum absolute atomic E-state index is 12.1. The Morgan fingerprint density at radius 3 is 2.65 bits per heavy atom. The van der Waals surface area contributed by atoms with E-state index in [1.165, 1.54) is 5.69 Å². The van der Waals surface area contributed by atoms with E-state index >= 15 is 0 Å². The fourth-order valence-electron chi connectivity index (χ4n) is 3.00. The molecule has 1 aromatic rings. The number of carbonyl (C=O) groups excluding carboxylic acids is 1. The molecule has 0 spiro atoms. The molecule has 2 N–H and O–H groups in total. The number of pyridine rings is 1. The highest BCUT2D eigenvalue weighted by molar-refractivity contribution is 5.74. The molecule has 23 heavy (non-hydrogen) atoms. The second kappa shape index (κ2) is 9.35. The third kappa shape index (κ3) is 5.39. The monoisotopic (exact) mass is 320 g/mol. The minimum atomic E-state index is -0.0579. The predicted octanol–water partition coefficient (Wildman–Crippen LogP) is 1.71. The zero-order valence-electron chi connectivity index (χ0n) is 13.9. The molecule has 2 rings (SSSR count). The van der Waals surface area contributed by atoms with Crippen LogP contribution < -0.4 is 10.2 Å². The van der Waals surface area contributed by atoms with Gasteiger partial charge in [0.05, 0.1) is 6.61 Å². The highest BCUT2D eigenvalue weighted by Crippen LogP contribution is 2.22. The summed E-state index contributed by atoms with van der Waals surface area (Å²) in [7, 11) is 0. The molecule has 0 unspecified atom stereocenters. The molecule has 2 heterocycles. The van der Waals surface area contributed by atoms with Gasteiger partial charge in [0.2, 0.25) is 0 Å². The van der Waals surface area contributed by atoms with Gasteiger partial charge in [-0.2, -0.15) is 0 Å². The molecule has 0 atom stereocenters. The van der Waals surface area contributed by atoms with Gasteiger partial charge in [-0.3, -0.25) is 4.98 Å². The summed E-state index contributed by atoms with van der Waals surface area (Å²) in [4.78, 5) is 20.2. The van der Waals surface area contributed by atoms with E-state index in [-0.39, 0.29) is 12.6 Å². The Kier molecular flexibility index (Phi) is 7.13. The highest BCUT2D eigenvalue weighted by atomic mass is 16.3. The van der Waals surface area contributed by atoms with Gasteiger partial charge in [0.1, 0.15) is 0 Å². The van der Waals surface area contributed by atoms with Gasteiger partial charge in [0, 0.05) is 50.8 Å². The molecule has 1 aromatic heterocycles. The first kappa shape index (κ1) is 17.5. The number of aliphatic hydroxyl groups is 1. The van der Waals surface area contributed by atoms with Crippen molar-refractivity contribution in [1.29, 1.82) is 0 Å². The second-order valence-electron chi connectivity index (χ2n) is 6.03. The average molecular weight is 320 g/mol. The molecular weight excluding hydrogens is 292 g/mol. The van der Waals surface area contributed by atoms with E-state index in [0.717, 1.165) is 32.4 Å². The number of nitrogens with zero attached hydrogens (tertiary/aromatic N) is 3. The zero-order chi connectivity index (χ0) is 16.5. The van der Waals surface area contributed by atoms with E-state index in [9.17, 15) is 4.79 Å². The third-order valence-corrected chi connectivity index (χ3v) is 4.34. The van der Waals surface area contributed by atoms with Crippen LogP contribution in [-0.4, -0.2) is 60.4 Å². The molecule has 0 aromatic carbocycles. The fourth-order valence-corrected chi connectivity index (χ4v) is 3.00. The van der Waals surface area contributed by atoms with Crippen LogP contribution >= 0.6 is 0 Å². The SMILES string of the molecule is CCCN(CCO)C(=O)NCC1CCN(c2ccncc2)CC1. The maximum Gasteiger partial charge on any atom is 0.317 e. The topological polar surface area (TPSA) is 68.7 Å². The highest BCUT2D eigenvalue weighted by Gasteiger charge is 2.21. The molecule has 0 radical (unpaired) electrons. The lowest BCUT2D eigenvalue weighted by atomic mass is 9.96. The van der Waals surface area contributed by atoms with Crippen molar-refractivity contribution in [1.82, 2.24) is 15.2 Å². The van der Waals surface area contributed by atoms with E-state index in [1.807, 2.05) is 31.5 Å². The number of urea groups is 1. The lowest BCUT2D eigenvalue weighted by Gasteiger charge is -2.34. The Balaban J connectivity index is 1.73. The fraction of sp³-hybridized carbons (Fsp3) is 0.647. The molecule has 1 saturated heterocycles. The molecule has 6 nitrogen and oxygen atoms in total. The summed E-state index contributed by atoms with van der Waals surface area (Å²) in [6, 6.07) is 4.02. The molecule has 1 aliphatic heterocycles. The van der Waals surface area contributed by atoms with Crippen LogP contribution in [0.2, 0.25) is 0 Å². The Labute approximate surface area is 138 Å². The smallest absolute Gasteiger partial charge is 0.317 e. The van der Waals surface area contributed by atoms with Crippen LogP contribution in [0.1, 0.15) is 26.2 Å². The van der Waals surface area contributed by atoms with Gasteiger partial charge in [-0.05, 0) is 37.3 Å². The number of nitrogens with one attached hydrogen (secondary N) is 1. The van der Waals surface area contributed by atoms with Crippen molar-refractivity contribution in [3.05, 3.63) is 24.5 Å². The standard InChI is InChI=1S/C17H28N4O2/c1-2-9-21(12-13-22)17(23)19-14-15-5-10-20(11-6-15)16-3-7-18-8-4-16/h3-4,7-8,15,22H,2,5-6,9-14H2,1H3,(H,19,23). The van der Waals surface area contributed by atoms with Crippen molar-refractivity contribution in [2.45, 2.75) is 26.2 Å². The number of anilines is 1. The molecule has 2 amide bonds. The summed E-state index contributed by atoms with van der Waals surface area (Å²) in [5.74, 6) is 0.523. The van der Waals surface area contributed by atoms with Gasteiger partial charge >= 0.3 is 6.03 Å². The van der Waals surface area contributed by atoms with E-state index in [1.54, 1.807) is 4.90 Å². The van der Waals surface area contributed by atoms with Crippen LogP contribution in [0.5, 0.6) is 0 Å². The van der Waals surface area contributed by atoms with Crippen molar-refractivity contribution in [3.63, 3.8) is 0 Å². The molecule has 0 bridgehead atoms. The summed E-state index contributed by atoms with van der Waals surface area (Å²) in [5.41, 5.74) is 1.22. The van der Waals surface area contributed by atoms with Gasteiger partial charge in [-0.15, -0.1) is 0 Å². The second-order valence-corrected chi connectivity index (χ2v) is 6.03. The van der Waals surface area contributed by atoms with Crippen LogP contribution in [0.3, 0.4) is 0 Å². The summed E-state index contributed by atoms with van der Waals surface area (Å²) >= 11 is 0. The number of rotatable bonds is 7. The summed E-state index contributed by atoms with van der Waals surface area (Å²) in [6.45, 7) is 5.88. The van der Waals surface area contributed by atoms with E-state index in [0.29, 0.717) is 25.6 Å². The molecule has 128 valence electrons. The average Bonchev–Trinajstić information content (AvgIpc) is 2.61. The summed E-state index contributed by atoms with van der Waals surface area (Å²) in [6.07, 6.45) is 6.71. The van der Waals surface area contributed by atoms with Gasteiger partial charge in [-0.1, -0.05) is 6.92 Å². The van der Waals surface area contributed by atoms with Crippen LogP contribution in [0.25, 0.3) is 0 Å². The summed E-state index contributed by atoms with van der Waals surface area (Å²) < 4.78 is 0. The summed E-state index contributed by atoms with van der Waals surface area (Å²) in [5, 5.41) is 12.1. The number of amides is 2. The molecule has 6 heteroatoms. The lowest BCUT2D eigenvalue weighted by Crippen LogP contribution is -2.45. The molecule has 0 aliphatic carbocycles. The molecule has 0 saturated carbocycles. The number of carbonyl (C=O) groups is 1. The predicted molar refractivity (Wildman–Crippen MR) is 91.5 cm³/mol. The van der Waals surface area contributed by atoms with Gasteiger partial charge in [-0.25, -0.2) is 4.79 Å². The van der Waals surface area contributed by atoms with E-state index < -0.39 is 0 Å². The quantitative estimate of drug-likeness (QED) is 0.802. The Morgan fingerprint density at radius 1 is 1.35 bits per heavy atom. The maximum atomic E-state index is 12.1. The minimum Gasteiger partial charge on any atom is -0.395 e. The van der Waals surface area contributed by atoms with Gasteiger partial charge < -0.3 is 20.2 Å². The lowest BCUT2D eigenvalue weighted by molar-refractivity contribution is 0.175. The number of hydrogen-bond donors (Lipinski definition) is 2. The van der Waals surface area contributed by atoms with Gasteiger partial charge in [0.15, 0.2) is 0 Å². The molecule has 1 aliphatic rings. The number of aromatic nitrogens is 1. The van der Waals surface area contributed by atoms with Crippen molar-refractivity contribution in [3.8, 4) is 0 Å². The van der Waals surface area contributed by atoms with E-state index in [4.69, 9.17) is 5.11 Å². The Bertz CT molecular complexity index is 455. The number of piperidine rings is 1.